The normalized spacial score (nSPS) is 13.5. The number of benzene rings is 2. The molecule has 1 heterocycles. The van der Waals surface area contributed by atoms with Crippen molar-refractivity contribution in [2.45, 2.75) is 27.3 Å². The lowest BCUT2D eigenvalue weighted by molar-refractivity contribution is -0.126. The quantitative estimate of drug-likeness (QED) is 0.541. The summed E-state index contributed by atoms with van der Waals surface area (Å²) < 4.78 is 0. The van der Waals surface area contributed by atoms with E-state index in [0.717, 1.165) is 11.1 Å². The predicted octanol–water partition coefficient (Wildman–Crippen LogP) is 2.31. The SMILES string of the molecule is CC(=O)c1cc(-c2ccc(N)c3c2CN(CC(C)(C)C(N)=O)C3=O)ccc1O. The zero-order chi connectivity index (χ0) is 20.8. The number of hydrogen-bond acceptors (Lipinski definition) is 5. The number of ketones is 1. The Morgan fingerprint density at radius 1 is 1.21 bits per heavy atom. The number of amides is 2. The van der Waals surface area contributed by atoms with Crippen LogP contribution in [0.15, 0.2) is 30.3 Å². The lowest BCUT2D eigenvalue weighted by Gasteiger charge is -2.27. The van der Waals surface area contributed by atoms with Gasteiger partial charge >= 0.3 is 0 Å². The van der Waals surface area contributed by atoms with Crippen molar-refractivity contribution in [1.82, 2.24) is 4.90 Å². The molecule has 0 aliphatic carbocycles. The second-order valence-electron chi connectivity index (χ2n) is 7.75. The van der Waals surface area contributed by atoms with Crippen LogP contribution in [0.3, 0.4) is 0 Å². The average molecular weight is 381 g/mol. The molecular weight excluding hydrogens is 358 g/mol. The number of nitrogens with two attached hydrogens (primary N) is 2. The van der Waals surface area contributed by atoms with Crippen molar-refractivity contribution in [3.63, 3.8) is 0 Å². The van der Waals surface area contributed by atoms with Crippen molar-refractivity contribution < 1.29 is 19.5 Å². The monoisotopic (exact) mass is 381 g/mol. The summed E-state index contributed by atoms with van der Waals surface area (Å²) in [4.78, 5) is 37.9. The number of Topliss-reactive ketones (excluding diaryl/α,β-unsaturated/α-hetero) is 1. The van der Waals surface area contributed by atoms with Crippen LogP contribution in [0.2, 0.25) is 0 Å². The third-order valence-electron chi connectivity index (χ3n) is 5.14. The van der Waals surface area contributed by atoms with E-state index in [1.807, 2.05) is 0 Å². The second-order valence-corrected chi connectivity index (χ2v) is 7.75. The standard InChI is InChI=1S/C21H23N3O4/c1-11(25)14-8-12(4-7-17(14)26)13-5-6-16(22)18-15(13)9-24(19(18)27)10-21(2,3)20(23)28/h4-8,26H,9-10,22H2,1-3H3,(H2,23,28). The maximum atomic E-state index is 12.9. The summed E-state index contributed by atoms with van der Waals surface area (Å²) in [6, 6.07) is 8.19. The Balaban J connectivity index is 2.07. The molecule has 1 aliphatic heterocycles. The molecule has 1 aliphatic rings. The van der Waals surface area contributed by atoms with Gasteiger partial charge in [0.15, 0.2) is 5.78 Å². The molecule has 0 saturated carbocycles. The van der Waals surface area contributed by atoms with E-state index >= 15 is 0 Å². The highest BCUT2D eigenvalue weighted by molar-refractivity contribution is 6.06. The van der Waals surface area contributed by atoms with Gasteiger partial charge < -0.3 is 21.5 Å². The van der Waals surface area contributed by atoms with Crippen LogP contribution in [0.4, 0.5) is 5.69 Å². The maximum absolute atomic E-state index is 12.9. The average Bonchev–Trinajstić information content (AvgIpc) is 2.92. The largest absolute Gasteiger partial charge is 0.507 e. The topological polar surface area (TPSA) is 127 Å². The first-order valence-electron chi connectivity index (χ1n) is 8.88. The number of nitrogen functional groups attached to an aromatic ring is 1. The highest BCUT2D eigenvalue weighted by Crippen LogP contribution is 2.38. The molecule has 146 valence electrons. The number of rotatable bonds is 5. The molecule has 3 rings (SSSR count). The maximum Gasteiger partial charge on any atom is 0.256 e. The van der Waals surface area contributed by atoms with E-state index in [1.54, 1.807) is 43.0 Å². The van der Waals surface area contributed by atoms with Crippen molar-refractivity contribution in [3.8, 4) is 16.9 Å². The Morgan fingerprint density at radius 3 is 2.50 bits per heavy atom. The molecule has 0 unspecified atom stereocenters. The minimum Gasteiger partial charge on any atom is -0.507 e. The number of primary amides is 1. The molecule has 0 radical (unpaired) electrons. The van der Waals surface area contributed by atoms with Gasteiger partial charge in [0.1, 0.15) is 5.75 Å². The molecule has 2 aromatic rings. The van der Waals surface area contributed by atoms with Crippen LogP contribution in [0.5, 0.6) is 5.75 Å². The summed E-state index contributed by atoms with van der Waals surface area (Å²) in [7, 11) is 0. The van der Waals surface area contributed by atoms with E-state index in [0.29, 0.717) is 16.8 Å². The lowest BCUT2D eigenvalue weighted by atomic mass is 9.92. The van der Waals surface area contributed by atoms with Crippen molar-refractivity contribution in [3.05, 3.63) is 47.0 Å². The van der Waals surface area contributed by atoms with Crippen LogP contribution in [0, 0.1) is 5.41 Å². The Hall–Kier alpha value is -3.35. The van der Waals surface area contributed by atoms with Gasteiger partial charge in [-0.25, -0.2) is 0 Å². The van der Waals surface area contributed by atoms with Crippen molar-refractivity contribution >= 4 is 23.3 Å². The fraction of sp³-hybridized carbons (Fsp3) is 0.286. The van der Waals surface area contributed by atoms with Gasteiger partial charge in [0.2, 0.25) is 5.91 Å². The van der Waals surface area contributed by atoms with Gasteiger partial charge in [0.25, 0.3) is 5.91 Å². The molecule has 7 heteroatoms. The minimum atomic E-state index is -0.882. The fourth-order valence-electron chi connectivity index (χ4n) is 3.44. The van der Waals surface area contributed by atoms with Crippen LogP contribution in [0.25, 0.3) is 11.1 Å². The molecule has 0 bridgehead atoms. The van der Waals surface area contributed by atoms with Crippen LogP contribution < -0.4 is 11.5 Å². The van der Waals surface area contributed by atoms with Crippen molar-refractivity contribution in [2.75, 3.05) is 12.3 Å². The van der Waals surface area contributed by atoms with Crippen LogP contribution in [-0.4, -0.2) is 34.1 Å². The van der Waals surface area contributed by atoms with E-state index in [-0.39, 0.29) is 36.1 Å². The molecule has 7 nitrogen and oxygen atoms in total. The van der Waals surface area contributed by atoms with Crippen LogP contribution in [0.1, 0.15) is 47.1 Å². The smallest absolute Gasteiger partial charge is 0.256 e. The number of nitrogens with zero attached hydrogens (tertiary/aromatic N) is 1. The predicted molar refractivity (Wildman–Crippen MR) is 106 cm³/mol. The molecule has 0 saturated heterocycles. The highest BCUT2D eigenvalue weighted by Gasteiger charge is 2.37. The van der Waals surface area contributed by atoms with Crippen molar-refractivity contribution in [1.29, 1.82) is 0 Å². The highest BCUT2D eigenvalue weighted by atomic mass is 16.3. The summed E-state index contributed by atoms with van der Waals surface area (Å²) >= 11 is 0. The van der Waals surface area contributed by atoms with Gasteiger partial charge in [-0.05, 0) is 55.7 Å². The van der Waals surface area contributed by atoms with E-state index in [1.165, 1.54) is 13.0 Å². The Morgan fingerprint density at radius 2 is 1.89 bits per heavy atom. The molecule has 0 aromatic heterocycles. The number of fused-ring (bicyclic) bond motifs is 1. The van der Waals surface area contributed by atoms with Gasteiger partial charge in [-0.3, -0.25) is 14.4 Å². The van der Waals surface area contributed by atoms with Gasteiger partial charge in [0.05, 0.1) is 16.5 Å². The van der Waals surface area contributed by atoms with Gasteiger partial charge in [-0.15, -0.1) is 0 Å². The van der Waals surface area contributed by atoms with E-state index in [9.17, 15) is 19.5 Å². The summed E-state index contributed by atoms with van der Waals surface area (Å²) in [5, 5.41) is 9.91. The third-order valence-corrected chi connectivity index (χ3v) is 5.14. The zero-order valence-corrected chi connectivity index (χ0v) is 16.1. The molecule has 0 fully saturated rings. The van der Waals surface area contributed by atoms with Crippen molar-refractivity contribution in [2.24, 2.45) is 11.1 Å². The molecule has 2 amide bonds. The first-order valence-corrected chi connectivity index (χ1v) is 8.88. The Labute approximate surface area is 162 Å². The molecular formula is C21H23N3O4. The van der Waals surface area contributed by atoms with E-state index in [2.05, 4.69) is 0 Å². The van der Waals surface area contributed by atoms with Gasteiger partial charge in [-0.1, -0.05) is 12.1 Å². The summed E-state index contributed by atoms with van der Waals surface area (Å²) in [6.07, 6.45) is 0. The van der Waals surface area contributed by atoms with Crippen LogP contribution >= 0.6 is 0 Å². The first-order chi connectivity index (χ1) is 13.0. The third kappa shape index (κ3) is 3.19. The van der Waals surface area contributed by atoms with Crippen LogP contribution in [-0.2, 0) is 11.3 Å². The minimum absolute atomic E-state index is 0.0933. The first kappa shape index (κ1) is 19.4. The number of carbonyl (C=O) groups excluding carboxylic acids is 3. The number of phenolic OH excluding ortho intramolecular Hbond substituents is 1. The number of anilines is 1. The lowest BCUT2D eigenvalue weighted by Crippen LogP contribution is -2.42. The molecule has 2 aromatic carbocycles. The summed E-state index contributed by atoms with van der Waals surface area (Å²) in [6.45, 7) is 5.21. The molecule has 0 atom stereocenters. The Bertz CT molecular complexity index is 1010. The number of hydrogen-bond donors (Lipinski definition) is 3. The number of aromatic hydroxyl groups is 1. The number of phenols is 1. The molecule has 28 heavy (non-hydrogen) atoms. The molecule has 0 spiro atoms. The summed E-state index contributed by atoms with van der Waals surface area (Å²) in [5.41, 5.74) is 13.8. The van der Waals surface area contributed by atoms with E-state index < -0.39 is 11.3 Å². The molecule has 5 N–H and O–H groups in total. The summed E-state index contributed by atoms with van der Waals surface area (Å²) in [5.74, 6) is -1.10. The van der Waals surface area contributed by atoms with Gasteiger partial charge in [0, 0.05) is 18.8 Å². The van der Waals surface area contributed by atoms with E-state index in [4.69, 9.17) is 11.5 Å². The fourth-order valence-corrected chi connectivity index (χ4v) is 3.44. The number of carbonyl (C=O) groups is 3. The van der Waals surface area contributed by atoms with Gasteiger partial charge in [-0.2, -0.15) is 0 Å². The zero-order valence-electron chi connectivity index (χ0n) is 16.1. The Kier molecular flexibility index (Phi) is 4.62. The second kappa shape index (κ2) is 6.67.